The minimum absolute atomic E-state index is 0.0790. The van der Waals surface area contributed by atoms with Crippen LogP contribution in [-0.2, 0) is 18.8 Å². The van der Waals surface area contributed by atoms with Crippen molar-refractivity contribution in [3.63, 3.8) is 0 Å². The smallest absolute Gasteiger partial charge is 0.462 e. The molecule has 2 rings (SSSR count). The highest BCUT2D eigenvalue weighted by Crippen LogP contribution is 2.47. The van der Waals surface area contributed by atoms with Gasteiger partial charge in [0.1, 0.15) is 0 Å². The van der Waals surface area contributed by atoms with E-state index < -0.39 is 0 Å². The van der Waals surface area contributed by atoms with Gasteiger partial charge in [0.15, 0.2) is 0 Å². The number of esters is 1. The van der Waals surface area contributed by atoms with Crippen molar-refractivity contribution in [3.8, 4) is 0 Å². The molecule has 0 aromatic heterocycles. The van der Waals surface area contributed by atoms with E-state index in [0.717, 1.165) is 19.3 Å². The summed E-state index contributed by atoms with van der Waals surface area (Å²) in [6, 6.07) is 0. The fourth-order valence-corrected chi connectivity index (χ4v) is 2.82. The normalized spacial score (nSPS) is 33.7. The molecule has 0 amide bonds. The number of carbonyl (C=O) groups excluding carboxylic acids is 1. The van der Waals surface area contributed by atoms with E-state index in [9.17, 15) is 4.79 Å². The Kier molecular flexibility index (Phi) is 3.49. The van der Waals surface area contributed by atoms with Crippen molar-refractivity contribution >= 4 is 13.1 Å². The second-order valence-corrected chi connectivity index (χ2v) is 6.35. The Hall–Kier alpha value is -0.545. The predicted octanol–water partition coefficient (Wildman–Crippen LogP) is 2.42. The number of rotatable bonds is 2. The Balaban J connectivity index is 2.11. The summed E-state index contributed by atoms with van der Waals surface area (Å²) >= 11 is 0. The highest BCUT2D eigenvalue weighted by molar-refractivity contribution is 6.48. The molecule has 1 saturated carbocycles. The third-order valence-corrected chi connectivity index (χ3v) is 4.69. The zero-order valence-corrected chi connectivity index (χ0v) is 12.0. The molecule has 0 aromatic rings. The van der Waals surface area contributed by atoms with E-state index in [2.05, 4.69) is 0 Å². The fraction of sp³-hybridized carbons (Fsp3) is 0.923. The molecule has 1 saturated heterocycles. The van der Waals surface area contributed by atoms with Crippen molar-refractivity contribution in [1.29, 1.82) is 0 Å². The lowest BCUT2D eigenvalue weighted by Crippen LogP contribution is -2.41. The Bertz CT molecular complexity index is 324. The summed E-state index contributed by atoms with van der Waals surface area (Å²) < 4.78 is 17.0. The van der Waals surface area contributed by atoms with Crippen LogP contribution in [0.5, 0.6) is 0 Å². The average molecular weight is 254 g/mol. The van der Waals surface area contributed by atoms with Crippen molar-refractivity contribution in [2.75, 3.05) is 7.11 Å². The zero-order chi connectivity index (χ0) is 13.6. The number of methoxy groups -OCH3 is 1. The quantitative estimate of drug-likeness (QED) is 0.560. The third-order valence-electron chi connectivity index (χ3n) is 4.69. The van der Waals surface area contributed by atoms with Gasteiger partial charge in [0.2, 0.25) is 0 Å². The lowest BCUT2D eigenvalue weighted by atomic mass is 9.66. The topological polar surface area (TPSA) is 44.8 Å². The van der Waals surface area contributed by atoms with Gasteiger partial charge in [-0.15, -0.1) is 0 Å². The van der Waals surface area contributed by atoms with Crippen LogP contribution in [0.1, 0.15) is 47.0 Å². The molecule has 1 aliphatic carbocycles. The molecule has 2 fully saturated rings. The molecule has 1 heterocycles. The maximum Gasteiger partial charge on any atom is 0.462 e. The van der Waals surface area contributed by atoms with Crippen molar-refractivity contribution in [1.82, 2.24) is 0 Å². The van der Waals surface area contributed by atoms with Crippen molar-refractivity contribution < 1.29 is 18.8 Å². The van der Waals surface area contributed by atoms with Crippen LogP contribution in [0.25, 0.3) is 0 Å². The first-order valence-electron chi connectivity index (χ1n) is 6.72. The molecule has 2 aliphatic rings. The summed E-state index contributed by atoms with van der Waals surface area (Å²) in [4.78, 5) is 11.8. The van der Waals surface area contributed by atoms with E-state index in [1.54, 1.807) is 0 Å². The molecule has 0 aromatic carbocycles. The Labute approximate surface area is 110 Å². The highest BCUT2D eigenvalue weighted by atomic mass is 16.7. The van der Waals surface area contributed by atoms with Crippen LogP contribution in [0, 0.1) is 5.92 Å². The van der Waals surface area contributed by atoms with Crippen molar-refractivity contribution in [2.45, 2.75) is 64.0 Å². The monoisotopic (exact) mass is 254 g/mol. The number of ether oxygens (including phenoxy) is 1. The molecule has 0 N–H and O–H groups in total. The number of hydrogen-bond acceptors (Lipinski definition) is 4. The second kappa shape index (κ2) is 4.53. The van der Waals surface area contributed by atoms with Gasteiger partial charge in [-0.05, 0) is 34.1 Å². The van der Waals surface area contributed by atoms with E-state index in [4.69, 9.17) is 14.0 Å². The van der Waals surface area contributed by atoms with Gasteiger partial charge in [0.25, 0.3) is 0 Å². The Morgan fingerprint density at radius 3 is 2.22 bits per heavy atom. The standard InChI is InChI=1S/C13H23BO4/c1-12(2)13(3,4)18-14(17-12)10-8-6-7-9(10)11(15)16-5/h9-10H,6-8H2,1-5H3/t9-,10-/m1/s1. The molecule has 0 bridgehead atoms. The van der Waals surface area contributed by atoms with Crippen LogP contribution < -0.4 is 0 Å². The van der Waals surface area contributed by atoms with Gasteiger partial charge in [-0.3, -0.25) is 4.79 Å². The van der Waals surface area contributed by atoms with Gasteiger partial charge in [-0.25, -0.2) is 0 Å². The molecule has 1 aliphatic heterocycles. The second-order valence-electron chi connectivity index (χ2n) is 6.35. The van der Waals surface area contributed by atoms with Crippen LogP contribution in [-0.4, -0.2) is 31.4 Å². The van der Waals surface area contributed by atoms with Gasteiger partial charge in [-0.1, -0.05) is 12.8 Å². The van der Waals surface area contributed by atoms with Gasteiger partial charge < -0.3 is 14.0 Å². The molecule has 0 spiro atoms. The van der Waals surface area contributed by atoms with Gasteiger partial charge in [0.05, 0.1) is 24.2 Å². The lowest BCUT2D eigenvalue weighted by Gasteiger charge is -2.32. The number of hydrogen-bond donors (Lipinski definition) is 0. The van der Waals surface area contributed by atoms with Gasteiger partial charge in [-0.2, -0.15) is 0 Å². The van der Waals surface area contributed by atoms with Crippen LogP contribution in [0.4, 0.5) is 0 Å². The highest BCUT2D eigenvalue weighted by Gasteiger charge is 2.56. The van der Waals surface area contributed by atoms with Crippen LogP contribution in [0.2, 0.25) is 5.82 Å². The molecular weight excluding hydrogens is 231 g/mol. The summed E-state index contributed by atoms with van der Waals surface area (Å²) in [7, 11) is 1.16. The van der Waals surface area contributed by atoms with E-state index in [1.807, 2.05) is 27.7 Å². The van der Waals surface area contributed by atoms with Crippen LogP contribution in [0.15, 0.2) is 0 Å². The molecule has 0 radical (unpaired) electrons. The zero-order valence-electron chi connectivity index (χ0n) is 12.0. The predicted molar refractivity (Wildman–Crippen MR) is 69.2 cm³/mol. The maximum atomic E-state index is 11.8. The van der Waals surface area contributed by atoms with E-state index in [-0.39, 0.29) is 36.0 Å². The van der Waals surface area contributed by atoms with Gasteiger partial charge in [0, 0.05) is 5.82 Å². The van der Waals surface area contributed by atoms with Crippen molar-refractivity contribution in [2.24, 2.45) is 5.92 Å². The lowest BCUT2D eigenvalue weighted by molar-refractivity contribution is -0.145. The van der Waals surface area contributed by atoms with E-state index in [1.165, 1.54) is 7.11 Å². The maximum absolute atomic E-state index is 11.8. The van der Waals surface area contributed by atoms with E-state index >= 15 is 0 Å². The van der Waals surface area contributed by atoms with Crippen LogP contribution in [0.3, 0.4) is 0 Å². The summed E-state index contributed by atoms with van der Waals surface area (Å²) in [5.74, 6) is -0.0876. The summed E-state index contributed by atoms with van der Waals surface area (Å²) in [6.07, 6.45) is 2.88. The molecule has 18 heavy (non-hydrogen) atoms. The Morgan fingerprint density at radius 2 is 1.72 bits per heavy atom. The third kappa shape index (κ3) is 2.18. The first-order chi connectivity index (χ1) is 8.28. The SMILES string of the molecule is COC(=O)[C@@H]1CCC[C@H]1B1OC(C)(C)C(C)(C)O1. The minimum atomic E-state index is -0.332. The molecule has 2 atom stereocenters. The van der Waals surface area contributed by atoms with Crippen LogP contribution >= 0.6 is 0 Å². The van der Waals surface area contributed by atoms with Gasteiger partial charge >= 0.3 is 13.1 Å². The molecule has 0 unspecified atom stereocenters. The molecular formula is C13H23BO4. The molecule has 102 valence electrons. The Morgan fingerprint density at radius 1 is 1.17 bits per heavy atom. The average Bonchev–Trinajstić information content (AvgIpc) is 2.81. The van der Waals surface area contributed by atoms with E-state index in [0.29, 0.717) is 0 Å². The van der Waals surface area contributed by atoms with Crippen molar-refractivity contribution in [3.05, 3.63) is 0 Å². The molecule has 5 heteroatoms. The number of carbonyl (C=O) groups is 1. The first kappa shape index (κ1) is 13.9. The largest absolute Gasteiger partial charge is 0.469 e. The first-order valence-corrected chi connectivity index (χ1v) is 6.72. The summed E-state index contributed by atoms with van der Waals surface area (Å²) in [5, 5.41) is 0. The summed E-state index contributed by atoms with van der Waals surface area (Å²) in [5.41, 5.74) is -0.665. The fourth-order valence-electron chi connectivity index (χ4n) is 2.82. The minimum Gasteiger partial charge on any atom is -0.469 e. The molecule has 4 nitrogen and oxygen atoms in total. The summed E-state index contributed by atoms with van der Waals surface area (Å²) in [6.45, 7) is 8.15.